The fourth-order valence-corrected chi connectivity index (χ4v) is 3.89. The number of anilines is 1. The van der Waals surface area contributed by atoms with Gasteiger partial charge in [-0.1, -0.05) is 35.9 Å². The predicted molar refractivity (Wildman–Crippen MR) is 116 cm³/mol. The normalized spacial score (nSPS) is 11.4. The van der Waals surface area contributed by atoms with E-state index in [-0.39, 0.29) is 19.7 Å². The molecule has 9 heteroatoms. The molecule has 2 rings (SSSR count). The summed E-state index contributed by atoms with van der Waals surface area (Å²) in [6.45, 7) is 3.76. The van der Waals surface area contributed by atoms with Crippen molar-refractivity contribution in [1.29, 1.82) is 0 Å². The van der Waals surface area contributed by atoms with E-state index in [1.54, 1.807) is 30.3 Å². The van der Waals surface area contributed by atoms with Gasteiger partial charge < -0.3 is 10.1 Å². The van der Waals surface area contributed by atoms with Crippen molar-refractivity contribution >= 4 is 33.4 Å². The lowest BCUT2D eigenvalue weighted by Crippen LogP contribution is -2.46. The molecule has 0 atom stereocenters. The third-order valence-electron chi connectivity index (χ3n) is 4.18. The minimum atomic E-state index is -3.85. The number of ether oxygens (including phenoxy) is 1. The summed E-state index contributed by atoms with van der Waals surface area (Å²) in [5, 5.41) is 3.17. The molecule has 0 aliphatic carbocycles. The maximum absolute atomic E-state index is 12.8. The third kappa shape index (κ3) is 6.09. The highest BCUT2D eigenvalue weighted by Crippen LogP contribution is 2.25. The first-order chi connectivity index (χ1) is 13.6. The van der Waals surface area contributed by atoms with Crippen molar-refractivity contribution in [2.75, 3.05) is 38.1 Å². The molecule has 29 heavy (non-hydrogen) atoms. The van der Waals surface area contributed by atoms with Crippen molar-refractivity contribution in [3.8, 4) is 5.75 Å². The van der Waals surface area contributed by atoms with Gasteiger partial charge >= 0.3 is 10.2 Å². The van der Waals surface area contributed by atoms with Crippen LogP contribution in [0.3, 0.4) is 0 Å². The number of benzene rings is 2. The number of nitrogens with one attached hydrogen (secondary N) is 1. The van der Waals surface area contributed by atoms with Gasteiger partial charge in [-0.3, -0.25) is 4.79 Å². The highest BCUT2D eigenvalue weighted by Gasteiger charge is 2.28. The van der Waals surface area contributed by atoms with Crippen LogP contribution < -0.4 is 14.4 Å². The molecule has 2 aromatic carbocycles. The minimum Gasteiger partial charge on any atom is -0.490 e. The number of aryl methyl sites for hydroxylation is 2. The smallest absolute Gasteiger partial charge is 0.304 e. The molecular weight excluding hydrogens is 414 g/mol. The molecule has 0 aliphatic heterocycles. The Morgan fingerprint density at radius 2 is 1.83 bits per heavy atom. The fraction of sp³-hybridized carbons (Fsp3) is 0.350. The summed E-state index contributed by atoms with van der Waals surface area (Å²) in [7, 11) is -0.982. The predicted octanol–water partition coefficient (Wildman–Crippen LogP) is 2.76. The summed E-state index contributed by atoms with van der Waals surface area (Å²) in [6, 6.07) is 12.5. The molecule has 0 heterocycles. The molecular formula is C20H26ClN3O4S. The van der Waals surface area contributed by atoms with Crippen molar-refractivity contribution in [2.24, 2.45) is 0 Å². The van der Waals surface area contributed by atoms with Crippen LogP contribution >= 0.6 is 11.6 Å². The third-order valence-corrected chi connectivity index (χ3v) is 6.30. The van der Waals surface area contributed by atoms with Crippen LogP contribution in [0.5, 0.6) is 5.75 Å². The lowest BCUT2D eigenvalue weighted by atomic mass is 10.1. The van der Waals surface area contributed by atoms with Gasteiger partial charge in [-0.05, 0) is 43.2 Å². The molecule has 2 aromatic rings. The number of nitrogens with zero attached hydrogens (tertiary/aromatic N) is 2. The standard InChI is InChI=1S/C20H26ClN3O4S/c1-15-9-10-16(2)18(13-15)24(29(26,27)23(3)4)14-20(25)22-11-12-28-19-8-6-5-7-17(19)21/h5-10,13H,11-12,14H2,1-4H3,(H,22,25). The number of para-hydroxylation sites is 1. The highest BCUT2D eigenvalue weighted by atomic mass is 35.5. The Hall–Kier alpha value is -2.29. The van der Waals surface area contributed by atoms with Crippen LogP contribution in [0.25, 0.3) is 0 Å². The summed E-state index contributed by atoms with van der Waals surface area (Å²) < 4.78 is 33.4. The average Bonchev–Trinajstić information content (AvgIpc) is 2.66. The average molecular weight is 440 g/mol. The second-order valence-electron chi connectivity index (χ2n) is 6.72. The number of hydrogen-bond donors (Lipinski definition) is 1. The Kier molecular flexibility index (Phi) is 7.89. The lowest BCUT2D eigenvalue weighted by Gasteiger charge is -2.28. The first-order valence-corrected chi connectivity index (χ1v) is 10.8. The molecule has 0 bridgehead atoms. The zero-order valence-corrected chi connectivity index (χ0v) is 18.5. The molecule has 1 N–H and O–H groups in total. The van der Waals surface area contributed by atoms with Gasteiger partial charge in [0.1, 0.15) is 18.9 Å². The van der Waals surface area contributed by atoms with E-state index in [9.17, 15) is 13.2 Å². The molecule has 0 radical (unpaired) electrons. The van der Waals surface area contributed by atoms with E-state index in [2.05, 4.69) is 5.32 Å². The second kappa shape index (κ2) is 9.96. The zero-order valence-electron chi connectivity index (χ0n) is 17.0. The van der Waals surface area contributed by atoms with Gasteiger partial charge in [-0.25, -0.2) is 4.31 Å². The molecule has 158 valence electrons. The van der Waals surface area contributed by atoms with Crippen LogP contribution in [0.2, 0.25) is 5.02 Å². The van der Waals surface area contributed by atoms with Crippen LogP contribution in [-0.4, -0.2) is 52.4 Å². The Morgan fingerprint density at radius 3 is 2.48 bits per heavy atom. The van der Waals surface area contributed by atoms with E-state index < -0.39 is 16.1 Å². The van der Waals surface area contributed by atoms with Gasteiger partial charge in [0.2, 0.25) is 5.91 Å². The van der Waals surface area contributed by atoms with Crippen LogP contribution in [0.15, 0.2) is 42.5 Å². The summed E-state index contributed by atoms with van der Waals surface area (Å²) in [4.78, 5) is 12.5. The SMILES string of the molecule is Cc1ccc(C)c(N(CC(=O)NCCOc2ccccc2Cl)S(=O)(=O)N(C)C)c1. The fourth-order valence-electron chi connectivity index (χ4n) is 2.58. The van der Waals surface area contributed by atoms with E-state index in [0.29, 0.717) is 16.5 Å². The number of amides is 1. The molecule has 0 fully saturated rings. The van der Waals surface area contributed by atoms with Crippen molar-refractivity contribution < 1.29 is 17.9 Å². The summed E-state index contributed by atoms with van der Waals surface area (Å²) in [6.07, 6.45) is 0. The maximum Gasteiger partial charge on any atom is 0.304 e. The zero-order chi connectivity index (χ0) is 21.6. The number of carbonyl (C=O) groups excluding carboxylic acids is 1. The highest BCUT2D eigenvalue weighted by molar-refractivity contribution is 7.90. The van der Waals surface area contributed by atoms with Gasteiger partial charge in [0.05, 0.1) is 17.3 Å². The summed E-state index contributed by atoms with van der Waals surface area (Å²) >= 11 is 6.02. The van der Waals surface area contributed by atoms with Gasteiger partial charge in [0.25, 0.3) is 0 Å². The minimum absolute atomic E-state index is 0.208. The van der Waals surface area contributed by atoms with Crippen molar-refractivity contribution in [3.05, 3.63) is 58.6 Å². The van der Waals surface area contributed by atoms with E-state index in [1.807, 2.05) is 26.0 Å². The Bertz CT molecular complexity index is 964. The Balaban J connectivity index is 2.06. The monoisotopic (exact) mass is 439 g/mol. The van der Waals surface area contributed by atoms with Gasteiger partial charge in [0.15, 0.2) is 0 Å². The number of rotatable bonds is 9. The van der Waals surface area contributed by atoms with Gasteiger partial charge in [-0.15, -0.1) is 0 Å². The van der Waals surface area contributed by atoms with E-state index in [4.69, 9.17) is 16.3 Å². The molecule has 0 aliphatic rings. The van der Waals surface area contributed by atoms with E-state index >= 15 is 0 Å². The number of carbonyl (C=O) groups is 1. The molecule has 0 saturated heterocycles. The van der Waals surface area contributed by atoms with Gasteiger partial charge in [0, 0.05) is 14.1 Å². The lowest BCUT2D eigenvalue weighted by molar-refractivity contribution is -0.119. The molecule has 0 spiro atoms. The Morgan fingerprint density at radius 1 is 1.14 bits per heavy atom. The van der Waals surface area contributed by atoms with Crippen LogP contribution in [0.4, 0.5) is 5.69 Å². The first-order valence-electron chi connectivity index (χ1n) is 9.04. The van der Waals surface area contributed by atoms with Crippen LogP contribution in [0, 0.1) is 13.8 Å². The largest absolute Gasteiger partial charge is 0.490 e. The van der Waals surface area contributed by atoms with Crippen LogP contribution in [-0.2, 0) is 15.0 Å². The van der Waals surface area contributed by atoms with E-state index in [0.717, 1.165) is 19.7 Å². The number of hydrogen-bond acceptors (Lipinski definition) is 4. The molecule has 7 nitrogen and oxygen atoms in total. The summed E-state index contributed by atoms with van der Waals surface area (Å²) in [5.41, 5.74) is 2.13. The van der Waals surface area contributed by atoms with E-state index in [1.165, 1.54) is 14.1 Å². The van der Waals surface area contributed by atoms with Crippen molar-refractivity contribution in [2.45, 2.75) is 13.8 Å². The van der Waals surface area contributed by atoms with Crippen LogP contribution in [0.1, 0.15) is 11.1 Å². The quantitative estimate of drug-likeness (QED) is 0.609. The Labute approximate surface area is 177 Å². The maximum atomic E-state index is 12.8. The topological polar surface area (TPSA) is 79.0 Å². The summed E-state index contributed by atoms with van der Waals surface area (Å²) in [5.74, 6) is 0.0923. The molecule has 0 aromatic heterocycles. The molecule has 0 saturated carbocycles. The first kappa shape index (κ1) is 23.0. The van der Waals surface area contributed by atoms with Gasteiger partial charge in [-0.2, -0.15) is 12.7 Å². The number of halogens is 1. The molecule has 0 unspecified atom stereocenters. The second-order valence-corrected chi connectivity index (χ2v) is 9.19. The molecule has 1 amide bonds. The van der Waals surface area contributed by atoms with Crippen molar-refractivity contribution in [3.63, 3.8) is 0 Å². The van der Waals surface area contributed by atoms with Crippen molar-refractivity contribution in [1.82, 2.24) is 9.62 Å².